The van der Waals surface area contributed by atoms with E-state index in [1.54, 1.807) is 20.4 Å². The minimum Gasteiger partial charge on any atom is -0.354 e. The van der Waals surface area contributed by atoms with Gasteiger partial charge < -0.3 is 9.47 Å². The first-order valence-electron chi connectivity index (χ1n) is 4.92. The summed E-state index contributed by atoms with van der Waals surface area (Å²) in [4.78, 5) is 0. The maximum absolute atomic E-state index is 5.54. The molecule has 6 nitrogen and oxygen atoms in total. The minimum absolute atomic E-state index is 0.285. The van der Waals surface area contributed by atoms with Crippen LogP contribution in [0, 0.1) is 0 Å². The molecule has 1 aromatic heterocycles. The SMILES string of the molecule is CCn1ncc(Br)c1C(NN)C(OC)OC. The van der Waals surface area contributed by atoms with E-state index in [2.05, 4.69) is 26.5 Å². The highest BCUT2D eigenvalue weighted by atomic mass is 79.9. The van der Waals surface area contributed by atoms with Gasteiger partial charge in [-0.1, -0.05) is 0 Å². The summed E-state index contributed by atoms with van der Waals surface area (Å²) in [5.41, 5.74) is 3.58. The van der Waals surface area contributed by atoms with E-state index in [0.717, 1.165) is 16.7 Å². The fourth-order valence-corrected chi connectivity index (χ4v) is 2.13. The standard InChI is InChI=1S/C9H17BrN4O2/c1-4-14-8(6(10)5-12-14)7(13-11)9(15-2)16-3/h5,7,9,13H,4,11H2,1-3H3. The molecule has 0 bridgehead atoms. The Morgan fingerprint density at radius 3 is 2.62 bits per heavy atom. The Kier molecular flexibility index (Phi) is 5.36. The number of nitrogens with zero attached hydrogens (tertiary/aromatic N) is 2. The monoisotopic (exact) mass is 292 g/mol. The van der Waals surface area contributed by atoms with Crippen LogP contribution in [0.2, 0.25) is 0 Å². The second kappa shape index (κ2) is 6.31. The molecule has 0 aliphatic heterocycles. The number of hydrazine groups is 1. The average Bonchev–Trinajstić information content (AvgIpc) is 2.67. The van der Waals surface area contributed by atoms with Gasteiger partial charge >= 0.3 is 0 Å². The van der Waals surface area contributed by atoms with Crippen molar-refractivity contribution in [2.75, 3.05) is 14.2 Å². The van der Waals surface area contributed by atoms with Crippen LogP contribution in [0.25, 0.3) is 0 Å². The molecule has 0 amide bonds. The number of halogens is 1. The van der Waals surface area contributed by atoms with Crippen molar-refractivity contribution in [3.05, 3.63) is 16.4 Å². The van der Waals surface area contributed by atoms with Crippen LogP contribution < -0.4 is 11.3 Å². The number of aryl methyl sites for hydroxylation is 1. The normalized spacial score (nSPS) is 13.4. The van der Waals surface area contributed by atoms with E-state index in [1.165, 1.54) is 0 Å². The summed E-state index contributed by atoms with van der Waals surface area (Å²) in [5, 5.41) is 4.22. The Bertz CT molecular complexity index is 327. The Labute approximate surface area is 103 Å². The summed E-state index contributed by atoms with van der Waals surface area (Å²) < 4.78 is 13.1. The van der Waals surface area contributed by atoms with E-state index in [0.29, 0.717) is 0 Å². The second-order valence-electron chi connectivity index (χ2n) is 3.18. The minimum atomic E-state index is -0.469. The molecule has 1 heterocycles. The number of nitrogens with one attached hydrogen (secondary N) is 1. The second-order valence-corrected chi connectivity index (χ2v) is 4.03. The van der Waals surface area contributed by atoms with Gasteiger partial charge in [-0.2, -0.15) is 5.10 Å². The van der Waals surface area contributed by atoms with Gasteiger partial charge in [-0.3, -0.25) is 10.5 Å². The molecule has 7 heteroatoms. The summed E-state index contributed by atoms with van der Waals surface area (Å²) >= 11 is 3.44. The van der Waals surface area contributed by atoms with Crippen LogP contribution in [0.15, 0.2) is 10.7 Å². The molecule has 0 fully saturated rings. The summed E-state index contributed by atoms with van der Waals surface area (Å²) in [6, 6.07) is -0.285. The van der Waals surface area contributed by atoms with Crippen molar-refractivity contribution in [3.8, 4) is 0 Å². The molecule has 92 valence electrons. The maximum atomic E-state index is 5.54. The smallest absolute Gasteiger partial charge is 0.179 e. The fourth-order valence-electron chi connectivity index (χ4n) is 1.59. The number of ether oxygens (including phenoxy) is 2. The molecule has 0 spiro atoms. The van der Waals surface area contributed by atoms with E-state index in [-0.39, 0.29) is 6.04 Å². The van der Waals surface area contributed by atoms with Crippen molar-refractivity contribution in [2.24, 2.45) is 5.84 Å². The van der Waals surface area contributed by atoms with Crippen LogP contribution >= 0.6 is 15.9 Å². The van der Waals surface area contributed by atoms with E-state index >= 15 is 0 Å². The summed E-state index contributed by atoms with van der Waals surface area (Å²) in [6.45, 7) is 2.75. The zero-order chi connectivity index (χ0) is 12.1. The van der Waals surface area contributed by atoms with Crippen molar-refractivity contribution in [1.82, 2.24) is 15.2 Å². The van der Waals surface area contributed by atoms with Gasteiger partial charge in [-0.05, 0) is 22.9 Å². The molecule has 1 unspecified atom stereocenters. The van der Waals surface area contributed by atoms with Crippen LogP contribution in [0.3, 0.4) is 0 Å². The summed E-state index contributed by atoms with van der Waals surface area (Å²) in [7, 11) is 3.14. The molecule has 1 rings (SSSR count). The third-order valence-electron chi connectivity index (χ3n) is 2.34. The first kappa shape index (κ1) is 13.6. The molecule has 3 N–H and O–H groups in total. The zero-order valence-corrected chi connectivity index (χ0v) is 11.2. The highest BCUT2D eigenvalue weighted by Gasteiger charge is 2.27. The molecule has 0 saturated heterocycles. The van der Waals surface area contributed by atoms with Gasteiger partial charge in [0, 0.05) is 20.8 Å². The fraction of sp³-hybridized carbons (Fsp3) is 0.667. The number of rotatable bonds is 6. The van der Waals surface area contributed by atoms with Crippen molar-refractivity contribution >= 4 is 15.9 Å². The van der Waals surface area contributed by atoms with Crippen LogP contribution in [-0.2, 0) is 16.0 Å². The van der Waals surface area contributed by atoms with Gasteiger partial charge in [0.25, 0.3) is 0 Å². The topological polar surface area (TPSA) is 74.3 Å². The number of hydrogen-bond donors (Lipinski definition) is 2. The van der Waals surface area contributed by atoms with Crippen LogP contribution in [0.5, 0.6) is 0 Å². The largest absolute Gasteiger partial charge is 0.354 e. The molecule has 0 aromatic carbocycles. The highest BCUT2D eigenvalue weighted by molar-refractivity contribution is 9.10. The van der Waals surface area contributed by atoms with Crippen LogP contribution in [0.1, 0.15) is 18.7 Å². The Balaban J connectivity index is 3.06. The van der Waals surface area contributed by atoms with E-state index in [1.807, 2.05) is 11.6 Å². The molecule has 0 radical (unpaired) electrons. The predicted octanol–water partition coefficient (Wildman–Crippen LogP) is 0.789. The molecule has 0 saturated carbocycles. The van der Waals surface area contributed by atoms with Crippen LogP contribution in [0.4, 0.5) is 0 Å². The lowest BCUT2D eigenvalue weighted by Crippen LogP contribution is -2.40. The van der Waals surface area contributed by atoms with Crippen molar-refractivity contribution < 1.29 is 9.47 Å². The lowest BCUT2D eigenvalue weighted by molar-refractivity contribution is -0.125. The molecular weight excluding hydrogens is 276 g/mol. The number of methoxy groups -OCH3 is 2. The maximum Gasteiger partial charge on any atom is 0.179 e. The lowest BCUT2D eigenvalue weighted by Gasteiger charge is -2.25. The van der Waals surface area contributed by atoms with Gasteiger partial charge in [-0.25, -0.2) is 5.43 Å². The summed E-state index contributed by atoms with van der Waals surface area (Å²) in [6.07, 6.45) is 1.26. The first-order chi connectivity index (χ1) is 7.69. The van der Waals surface area contributed by atoms with Gasteiger partial charge in [0.15, 0.2) is 6.29 Å². The Morgan fingerprint density at radius 2 is 2.19 bits per heavy atom. The number of nitrogens with two attached hydrogens (primary N) is 1. The zero-order valence-electron chi connectivity index (χ0n) is 9.61. The molecule has 1 aromatic rings. The average molecular weight is 293 g/mol. The van der Waals surface area contributed by atoms with Crippen molar-refractivity contribution in [2.45, 2.75) is 25.8 Å². The lowest BCUT2D eigenvalue weighted by atomic mass is 10.2. The number of aromatic nitrogens is 2. The van der Waals surface area contributed by atoms with E-state index in [9.17, 15) is 0 Å². The van der Waals surface area contributed by atoms with Crippen molar-refractivity contribution in [1.29, 1.82) is 0 Å². The number of hydrogen-bond acceptors (Lipinski definition) is 5. The third kappa shape index (κ3) is 2.61. The Morgan fingerprint density at radius 1 is 1.56 bits per heavy atom. The third-order valence-corrected chi connectivity index (χ3v) is 2.95. The summed E-state index contributed by atoms with van der Waals surface area (Å²) in [5.74, 6) is 5.54. The van der Waals surface area contributed by atoms with Gasteiger partial charge in [0.1, 0.15) is 6.04 Å². The molecular formula is C9H17BrN4O2. The van der Waals surface area contributed by atoms with Gasteiger partial charge in [0.2, 0.25) is 0 Å². The highest BCUT2D eigenvalue weighted by Crippen LogP contribution is 2.26. The molecule has 0 aliphatic rings. The quantitative estimate of drug-likeness (QED) is 0.461. The van der Waals surface area contributed by atoms with E-state index < -0.39 is 6.29 Å². The predicted molar refractivity (Wildman–Crippen MR) is 63.5 cm³/mol. The molecule has 0 aliphatic carbocycles. The van der Waals surface area contributed by atoms with Gasteiger partial charge in [-0.15, -0.1) is 0 Å². The first-order valence-corrected chi connectivity index (χ1v) is 5.71. The molecule has 16 heavy (non-hydrogen) atoms. The van der Waals surface area contributed by atoms with Crippen molar-refractivity contribution in [3.63, 3.8) is 0 Å². The van der Waals surface area contributed by atoms with E-state index in [4.69, 9.17) is 15.3 Å². The van der Waals surface area contributed by atoms with Crippen LogP contribution in [-0.4, -0.2) is 30.3 Å². The molecule has 1 atom stereocenters. The van der Waals surface area contributed by atoms with Gasteiger partial charge in [0.05, 0.1) is 16.4 Å². The Hall–Kier alpha value is -0.470.